The number of nitrogens with one attached hydrogen (secondary N) is 2. The fraction of sp³-hybridized carbons (Fsp3) is 0.231. The highest BCUT2D eigenvalue weighted by Gasteiger charge is 2.17. The van der Waals surface area contributed by atoms with Gasteiger partial charge < -0.3 is 20.1 Å². The number of likely N-dealkylation sites (N-methyl/N-ethyl adjacent to an activating group) is 2. The highest BCUT2D eigenvalue weighted by atomic mass is 35.5. The Morgan fingerprint density at radius 3 is 2.41 bits per heavy atom. The number of carbonyl (C=O) groups is 3. The first kappa shape index (κ1) is 27.9. The van der Waals surface area contributed by atoms with Crippen LogP contribution in [0.3, 0.4) is 0 Å². The van der Waals surface area contributed by atoms with Gasteiger partial charge in [-0.1, -0.05) is 18.2 Å². The molecule has 0 aliphatic heterocycles. The van der Waals surface area contributed by atoms with Crippen LogP contribution in [0.1, 0.15) is 15.2 Å². The SMILES string of the molecule is CN(C)CC(=O)N(C)CC(=O)n1ccc2ccc(NC(=O)c3c[nH]c4ccccc4c3=O)cc21.ClCCl. The van der Waals surface area contributed by atoms with Gasteiger partial charge >= 0.3 is 0 Å². The molecule has 0 spiro atoms. The number of alkyl halides is 2. The van der Waals surface area contributed by atoms with E-state index in [1.165, 1.54) is 15.7 Å². The molecule has 37 heavy (non-hydrogen) atoms. The van der Waals surface area contributed by atoms with Crippen molar-refractivity contribution in [3.05, 3.63) is 76.7 Å². The van der Waals surface area contributed by atoms with E-state index in [0.717, 1.165) is 5.39 Å². The Morgan fingerprint density at radius 2 is 1.70 bits per heavy atom. The lowest BCUT2D eigenvalue weighted by Gasteiger charge is -2.19. The Kier molecular flexibility index (Phi) is 9.46. The van der Waals surface area contributed by atoms with Crippen LogP contribution in [0.25, 0.3) is 21.8 Å². The average Bonchev–Trinajstić information content (AvgIpc) is 3.28. The summed E-state index contributed by atoms with van der Waals surface area (Å²) in [4.78, 5) is 56.7. The van der Waals surface area contributed by atoms with Crippen LogP contribution in [0.4, 0.5) is 5.69 Å². The second-order valence-corrected chi connectivity index (χ2v) is 9.28. The maximum atomic E-state index is 12.9. The van der Waals surface area contributed by atoms with Gasteiger partial charge in [-0.2, -0.15) is 0 Å². The van der Waals surface area contributed by atoms with Crippen LogP contribution in [0.15, 0.2) is 65.7 Å². The minimum atomic E-state index is -0.551. The van der Waals surface area contributed by atoms with E-state index in [9.17, 15) is 19.2 Å². The molecule has 2 aromatic heterocycles. The van der Waals surface area contributed by atoms with Crippen molar-refractivity contribution in [1.82, 2.24) is 19.4 Å². The molecule has 0 saturated heterocycles. The molecule has 2 N–H and O–H groups in total. The highest BCUT2D eigenvalue weighted by Crippen LogP contribution is 2.21. The summed E-state index contributed by atoms with van der Waals surface area (Å²) in [6.45, 7) is 0.125. The van der Waals surface area contributed by atoms with Crippen molar-refractivity contribution in [2.45, 2.75) is 0 Å². The van der Waals surface area contributed by atoms with E-state index in [2.05, 4.69) is 10.3 Å². The molecule has 0 fully saturated rings. The minimum Gasteiger partial charge on any atom is -0.360 e. The number of pyridine rings is 1. The van der Waals surface area contributed by atoms with Crippen LogP contribution >= 0.6 is 23.2 Å². The third-order valence-electron chi connectivity index (χ3n) is 5.50. The number of halogens is 2. The first-order chi connectivity index (χ1) is 17.7. The summed E-state index contributed by atoms with van der Waals surface area (Å²) < 4.78 is 1.45. The van der Waals surface area contributed by atoms with E-state index >= 15 is 0 Å². The molecule has 0 unspecified atom stereocenters. The lowest BCUT2D eigenvalue weighted by atomic mass is 10.1. The molecule has 2 heterocycles. The van der Waals surface area contributed by atoms with Crippen molar-refractivity contribution >= 4 is 68.4 Å². The first-order valence-corrected chi connectivity index (χ1v) is 12.3. The summed E-state index contributed by atoms with van der Waals surface area (Å²) in [5.74, 6) is -0.993. The van der Waals surface area contributed by atoms with E-state index in [-0.39, 0.29) is 41.2 Å². The molecule has 2 amide bonds. The predicted octanol–water partition coefficient (Wildman–Crippen LogP) is 3.82. The Balaban J connectivity index is 0.00000121. The van der Waals surface area contributed by atoms with E-state index in [1.807, 2.05) is 0 Å². The van der Waals surface area contributed by atoms with Crippen LogP contribution < -0.4 is 10.7 Å². The topological polar surface area (TPSA) is 108 Å². The average molecular weight is 544 g/mol. The second-order valence-electron chi connectivity index (χ2n) is 8.47. The number of amides is 2. The van der Waals surface area contributed by atoms with E-state index in [1.54, 1.807) is 80.8 Å². The molecule has 194 valence electrons. The van der Waals surface area contributed by atoms with E-state index in [0.29, 0.717) is 22.1 Å². The normalized spacial score (nSPS) is 10.8. The fourth-order valence-electron chi connectivity index (χ4n) is 3.72. The molecule has 2 aromatic carbocycles. The quantitative estimate of drug-likeness (QED) is 0.359. The fourth-order valence-corrected chi connectivity index (χ4v) is 3.72. The number of rotatable bonds is 6. The van der Waals surface area contributed by atoms with Gasteiger partial charge in [-0.3, -0.25) is 23.7 Å². The van der Waals surface area contributed by atoms with Crippen molar-refractivity contribution in [2.24, 2.45) is 0 Å². The zero-order chi connectivity index (χ0) is 27.1. The summed E-state index contributed by atoms with van der Waals surface area (Å²) in [7, 11) is 5.16. The van der Waals surface area contributed by atoms with Gasteiger partial charge in [0.15, 0.2) is 0 Å². The lowest BCUT2D eigenvalue weighted by molar-refractivity contribution is -0.130. The monoisotopic (exact) mass is 543 g/mol. The highest BCUT2D eigenvalue weighted by molar-refractivity contribution is 6.40. The molecule has 0 aliphatic carbocycles. The molecule has 4 rings (SSSR count). The zero-order valence-electron chi connectivity index (χ0n) is 20.6. The third-order valence-corrected chi connectivity index (χ3v) is 5.50. The van der Waals surface area contributed by atoms with Crippen LogP contribution in [0.2, 0.25) is 0 Å². The molecular formula is C26H27Cl2N5O4. The van der Waals surface area contributed by atoms with Crippen molar-refractivity contribution < 1.29 is 14.4 Å². The van der Waals surface area contributed by atoms with Crippen molar-refractivity contribution in [3.63, 3.8) is 0 Å². The van der Waals surface area contributed by atoms with Gasteiger partial charge in [-0.25, -0.2) is 0 Å². The maximum absolute atomic E-state index is 12.9. The summed E-state index contributed by atoms with van der Waals surface area (Å²) in [6, 6.07) is 13.9. The molecule has 9 nitrogen and oxygen atoms in total. The van der Waals surface area contributed by atoms with Gasteiger partial charge in [0.05, 0.1) is 17.4 Å². The molecule has 4 aromatic rings. The van der Waals surface area contributed by atoms with Gasteiger partial charge in [0.1, 0.15) is 12.1 Å². The Bertz CT molecular complexity index is 1500. The number of benzene rings is 2. The number of H-pyrrole nitrogens is 1. The summed E-state index contributed by atoms with van der Waals surface area (Å²) >= 11 is 9.53. The predicted molar refractivity (Wildman–Crippen MR) is 148 cm³/mol. The minimum absolute atomic E-state index is 0.00807. The molecule has 11 heteroatoms. The summed E-state index contributed by atoms with van der Waals surface area (Å²) in [6.07, 6.45) is 3.03. The Labute approximate surface area is 223 Å². The smallest absolute Gasteiger partial charge is 0.261 e. The van der Waals surface area contributed by atoms with Crippen molar-refractivity contribution in [1.29, 1.82) is 0 Å². The number of hydrogen-bond donors (Lipinski definition) is 2. The Morgan fingerprint density at radius 1 is 1.00 bits per heavy atom. The van der Waals surface area contributed by atoms with E-state index < -0.39 is 5.91 Å². The van der Waals surface area contributed by atoms with Crippen LogP contribution in [0.5, 0.6) is 0 Å². The summed E-state index contributed by atoms with van der Waals surface area (Å²) in [5.41, 5.74) is 1.30. The second kappa shape index (κ2) is 12.5. The molecule has 0 atom stereocenters. The molecule has 0 saturated carbocycles. The standard InChI is InChI=1S/C25H25N5O4.CH2Cl2/c1-28(2)14-22(31)29(3)15-23(32)30-11-10-16-8-9-17(12-21(16)30)27-25(34)19-13-26-20-7-5-4-6-18(20)24(19)33;2-1-3/h4-13H,14-15H2,1-3H3,(H,26,33)(H,27,34);1H2. The third kappa shape index (κ3) is 6.76. The maximum Gasteiger partial charge on any atom is 0.261 e. The van der Waals surface area contributed by atoms with Crippen LogP contribution in [-0.2, 0) is 4.79 Å². The molecular weight excluding hydrogens is 517 g/mol. The molecule has 0 aliphatic rings. The number of anilines is 1. The number of aromatic nitrogens is 2. The number of fused-ring (bicyclic) bond motifs is 2. The zero-order valence-corrected chi connectivity index (χ0v) is 22.1. The van der Waals surface area contributed by atoms with Gasteiger partial charge in [0, 0.05) is 41.4 Å². The number of nitrogens with zero attached hydrogens (tertiary/aromatic N) is 3. The van der Waals surface area contributed by atoms with E-state index in [4.69, 9.17) is 23.2 Å². The largest absolute Gasteiger partial charge is 0.360 e. The summed E-state index contributed by atoms with van der Waals surface area (Å²) in [5, 5.41) is 4.16. The van der Waals surface area contributed by atoms with Crippen molar-refractivity contribution in [2.75, 3.05) is 44.9 Å². The van der Waals surface area contributed by atoms with Crippen LogP contribution in [0, 0.1) is 0 Å². The van der Waals surface area contributed by atoms with Crippen LogP contribution in [-0.4, -0.2) is 76.6 Å². The lowest BCUT2D eigenvalue weighted by Crippen LogP contribution is -2.39. The van der Waals surface area contributed by atoms with Gasteiger partial charge in [0.2, 0.25) is 11.3 Å². The molecule has 0 radical (unpaired) electrons. The number of hydrogen-bond acceptors (Lipinski definition) is 5. The van der Waals surface area contributed by atoms with Crippen molar-refractivity contribution in [3.8, 4) is 0 Å². The molecule has 0 bridgehead atoms. The Hall–Kier alpha value is -3.66. The number of carbonyl (C=O) groups excluding carboxylic acids is 3. The van der Waals surface area contributed by atoms with Gasteiger partial charge in [-0.15, -0.1) is 23.2 Å². The first-order valence-electron chi connectivity index (χ1n) is 11.2. The van der Waals surface area contributed by atoms with Gasteiger partial charge in [0.25, 0.3) is 11.8 Å². The number of para-hydroxylation sites is 1. The number of aromatic amines is 1. The van der Waals surface area contributed by atoms with Gasteiger partial charge in [-0.05, 0) is 44.4 Å².